The first kappa shape index (κ1) is 16.8. The van der Waals surface area contributed by atoms with Gasteiger partial charge in [-0.3, -0.25) is 4.90 Å². The molecule has 0 spiro atoms. The van der Waals surface area contributed by atoms with Crippen molar-refractivity contribution in [2.75, 3.05) is 11.5 Å². The molecular formula is C20H19NO4. The molecule has 128 valence electrons. The first-order valence-electron chi connectivity index (χ1n) is 8.10. The number of aryl methyl sites for hydroxylation is 1. The minimum absolute atomic E-state index is 0.163. The topological polar surface area (TPSA) is 55.8 Å². The molecule has 0 amide bonds. The average molecular weight is 337 g/mol. The predicted molar refractivity (Wildman–Crippen MR) is 93.6 cm³/mol. The van der Waals surface area contributed by atoms with Crippen molar-refractivity contribution < 1.29 is 19.1 Å². The fraction of sp³-hybridized carbons (Fsp3) is 0.200. The summed E-state index contributed by atoms with van der Waals surface area (Å²) in [6.45, 7) is 3.93. The molecule has 0 aliphatic carbocycles. The molecular weight excluding hydrogens is 318 g/mol. The summed E-state index contributed by atoms with van der Waals surface area (Å²) < 4.78 is 10.7. The Kier molecular flexibility index (Phi) is 4.84. The molecule has 2 aromatic rings. The lowest BCUT2D eigenvalue weighted by Gasteiger charge is -2.36. The zero-order chi connectivity index (χ0) is 17.8. The van der Waals surface area contributed by atoms with E-state index < -0.39 is 18.2 Å². The summed E-state index contributed by atoms with van der Waals surface area (Å²) in [5.74, 6) is -1.12. The molecule has 2 aromatic carbocycles. The fourth-order valence-electron chi connectivity index (χ4n) is 2.68. The van der Waals surface area contributed by atoms with Crippen LogP contribution in [0.25, 0.3) is 0 Å². The van der Waals surface area contributed by atoms with Crippen molar-refractivity contribution in [1.82, 2.24) is 0 Å². The smallest absolute Gasteiger partial charge is 0.355 e. The minimum Gasteiger partial charge on any atom is -0.461 e. The van der Waals surface area contributed by atoms with Crippen LogP contribution in [0, 0.1) is 6.92 Å². The molecule has 0 radical (unpaired) electrons. The highest BCUT2D eigenvalue weighted by Crippen LogP contribution is 2.35. The molecule has 3 rings (SSSR count). The van der Waals surface area contributed by atoms with E-state index >= 15 is 0 Å². The van der Waals surface area contributed by atoms with Crippen LogP contribution in [0.2, 0.25) is 0 Å². The number of benzene rings is 2. The van der Waals surface area contributed by atoms with Gasteiger partial charge in [-0.2, -0.15) is 0 Å². The van der Waals surface area contributed by atoms with Gasteiger partial charge in [-0.1, -0.05) is 48.0 Å². The zero-order valence-corrected chi connectivity index (χ0v) is 14.1. The highest BCUT2D eigenvalue weighted by Gasteiger charge is 2.35. The van der Waals surface area contributed by atoms with Gasteiger partial charge >= 0.3 is 11.9 Å². The van der Waals surface area contributed by atoms with Crippen LogP contribution in [0.1, 0.15) is 24.3 Å². The van der Waals surface area contributed by atoms with Gasteiger partial charge in [0.15, 0.2) is 0 Å². The number of esters is 2. The van der Waals surface area contributed by atoms with Crippen molar-refractivity contribution in [3.63, 3.8) is 0 Å². The molecule has 0 bridgehead atoms. The Morgan fingerprint density at radius 2 is 1.80 bits per heavy atom. The summed E-state index contributed by atoms with van der Waals surface area (Å²) in [7, 11) is 0. The molecule has 25 heavy (non-hydrogen) atoms. The van der Waals surface area contributed by atoms with Gasteiger partial charge in [0.1, 0.15) is 5.70 Å². The molecule has 1 unspecified atom stereocenters. The van der Waals surface area contributed by atoms with Crippen LogP contribution in [0.3, 0.4) is 0 Å². The molecule has 1 aliphatic heterocycles. The fourth-order valence-corrected chi connectivity index (χ4v) is 2.68. The summed E-state index contributed by atoms with van der Waals surface area (Å²) in [6, 6.07) is 17.0. The van der Waals surface area contributed by atoms with Crippen LogP contribution >= 0.6 is 0 Å². The molecule has 5 nitrogen and oxygen atoms in total. The van der Waals surface area contributed by atoms with E-state index in [1.807, 2.05) is 61.5 Å². The number of rotatable bonds is 4. The van der Waals surface area contributed by atoms with E-state index in [9.17, 15) is 9.59 Å². The van der Waals surface area contributed by atoms with Crippen molar-refractivity contribution in [1.29, 1.82) is 0 Å². The Hall–Kier alpha value is -3.08. The van der Waals surface area contributed by atoms with Gasteiger partial charge < -0.3 is 9.47 Å². The second-order valence-electron chi connectivity index (χ2n) is 5.66. The van der Waals surface area contributed by atoms with Crippen LogP contribution in [-0.2, 0) is 19.1 Å². The number of hydrogen-bond donors (Lipinski definition) is 0. The highest BCUT2D eigenvalue weighted by atomic mass is 16.6. The lowest BCUT2D eigenvalue weighted by Crippen LogP contribution is -2.39. The Morgan fingerprint density at radius 1 is 1.12 bits per heavy atom. The SMILES string of the molecule is CCOC(=O)C1=CC(=O)OC(c2ccccc2)N1c1ccc(C)cc1. The van der Waals surface area contributed by atoms with Crippen molar-refractivity contribution in [2.45, 2.75) is 20.1 Å². The van der Waals surface area contributed by atoms with E-state index in [-0.39, 0.29) is 12.3 Å². The second-order valence-corrected chi connectivity index (χ2v) is 5.66. The number of carbonyl (C=O) groups excluding carboxylic acids is 2. The average Bonchev–Trinajstić information content (AvgIpc) is 2.63. The maximum atomic E-state index is 12.4. The molecule has 0 fully saturated rings. The number of hydrogen-bond acceptors (Lipinski definition) is 5. The third kappa shape index (κ3) is 3.55. The largest absolute Gasteiger partial charge is 0.461 e. The molecule has 1 aliphatic rings. The molecule has 0 saturated heterocycles. The summed E-state index contributed by atoms with van der Waals surface area (Å²) in [6.07, 6.45) is 0.443. The summed E-state index contributed by atoms with van der Waals surface area (Å²) >= 11 is 0. The van der Waals surface area contributed by atoms with Crippen LogP contribution < -0.4 is 4.90 Å². The van der Waals surface area contributed by atoms with Gasteiger partial charge in [0.05, 0.1) is 12.7 Å². The molecule has 1 heterocycles. The summed E-state index contributed by atoms with van der Waals surface area (Å²) in [4.78, 5) is 26.2. The standard InChI is InChI=1S/C20H19NO4/c1-3-24-20(23)17-13-18(22)25-19(15-7-5-4-6-8-15)21(17)16-11-9-14(2)10-12-16/h4-13,19H,3H2,1-2H3. The number of cyclic esters (lactones) is 1. The van der Waals surface area contributed by atoms with E-state index in [2.05, 4.69) is 0 Å². The third-order valence-electron chi connectivity index (χ3n) is 3.86. The molecule has 0 aromatic heterocycles. The maximum Gasteiger partial charge on any atom is 0.355 e. The molecule has 5 heteroatoms. The maximum absolute atomic E-state index is 12.4. The monoisotopic (exact) mass is 337 g/mol. The number of ether oxygens (including phenoxy) is 2. The highest BCUT2D eigenvalue weighted by molar-refractivity contribution is 6.01. The lowest BCUT2D eigenvalue weighted by molar-refractivity contribution is -0.148. The number of anilines is 1. The van der Waals surface area contributed by atoms with Crippen molar-refractivity contribution in [3.8, 4) is 0 Å². The quantitative estimate of drug-likeness (QED) is 0.799. The van der Waals surface area contributed by atoms with Crippen LogP contribution in [0.15, 0.2) is 66.4 Å². The van der Waals surface area contributed by atoms with Crippen molar-refractivity contribution in [3.05, 3.63) is 77.5 Å². The van der Waals surface area contributed by atoms with E-state index in [0.717, 1.165) is 16.8 Å². The molecule has 0 saturated carbocycles. The number of carbonyl (C=O) groups is 2. The van der Waals surface area contributed by atoms with Gasteiger partial charge in [0, 0.05) is 11.3 Å². The second kappa shape index (κ2) is 7.21. The zero-order valence-electron chi connectivity index (χ0n) is 14.1. The molecule has 1 atom stereocenters. The minimum atomic E-state index is -0.735. The van der Waals surface area contributed by atoms with Crippen LogP contribution in [-0.4, -0.2) is 18.5 Å². The first-order chi connectivity index (χ1) is 12.1. The van der Waals surface area contributed by atoms with Gasteiger partial charge in [-0.15, -0.1) is 0 Å². The van der Waals surface area contributed by atoms with Crippen molar-refractivity contribution >= 4 is 17.6 Å². The predicted octanol–water partition coefficient (Wildman–Crippen LogP) is 3.50. The third-order valence-corrected chi connectivity index (χ3v) is 3.86. The van der Waals surface area contributed by atoms with E-state index in [0.29, 0.717) is 0 Å². The first-order valence-corrected chi connectivity index (χ1v) is 8.10. The van der Waals surface area contributed by atoms with Gasteiger partial charge in [-0.25, -0.2) is 9.59 Å². The molecule has 0 N–H and O–H groups in total. The van der Waals surface area contributed by atoms with Gasteiger partial charge in [-0.05, 0) is 26.0 Å². The van der Waals surface area contributed by atoms with Gasteiger partial charge in [0.25, 0.3) is 0 Å². The Bertz CT molecular complexity index is 796. The van der Waals surface area contributed by atoms with E-state index in [1.165, 1.54) is 6.08 Å². The normalized spacial score (nSPS) is 16.9. The van der Waals surface area contributed by atoms with Crippen molar-refractivity contribution in [2.24, 2.45) is 0 Å². The Morgan fingerprint density at radius 3 is 2.44 bits per heavy atom. The number of nitrogens with zero attached hydrogens (tertiary/aromatic N) is 1. The lowest BCUT2D eigenvalue weighted by atomic mass is 10.1. The van der Waals surface area contributed by atoms with Gasteiger partial charge in [0.2, 0.25) is 6.23 Å². The van der Waals surface area contributed by atoms with Crippen LogP contribution in [0.5, 0.6) is 0 Å². The van der Waals surface area contributed by atoms with E-state index in [1.54, 1.807) is 11.8 Å². The van der Waals surface area contributed by atoms with E-state index in [4.69, 9.17) is 9.47 Å². The Balaban J connectivity index is 2.10. The summed E-state index contributed by atoms with van der Waals surface area (Å²) in [5, 5.41) is 0. The summed E-state index contributed by atoms with van der Waals surface area (Å²) in [5.41, 5.74) is 2.77. The van der Waals surface area contributed by atoms with Crippen LogP contribution in [0.4, 0.5) is 5.69 Å². The Labute approximate surface area is 146 Å².